The average molecular weight is 261 g/mol. The summed E-state index contributed by atoms with van der Waals surface area (Å²) in [6, 6.07) is 4.04. The van der Waals surface area contributed by atoms with E-state index in [9.17, 15) is 0 Å². The van der Waals surface area contributed by atoms with Crippen LogP contribution in [0, 0.1) is 0 Å². The fourth-order valence-electron chi connectivity index (χ4n) is 1.71. The number of rotatable bonds is 5. The van der Waals surface area contributed by atoms with Gasteiger partial charge in [0.15, 0.2) is 0 Å². The minimum absolute atomic E-state index is 0.320. The van der Waals surface area contributed by atoms with E-state index >= 15 is 0 Å². The summed E-state index contributed by atoms with van der Waals surface area (Å²) in [6.07, 6.45) is 1.36. The third-order valence-electron chi connectivity index (χ3n) is 2.55. The maximum absolute atomic E-state index is 5.86. The molecule has 1 fully saturated rings. The Kier molecular flexibility index (Phi) is 5.06. The van der Waals surface area contributed by atoms with Gasteiger partial charge in [-0.15, -0.1) is 11.3 Å². The number of thiophene rings is 1. The highest BCUT2D eigenvalue weighted by atomic mass is 35.5. The Morgan fingerprint density at radius 3 is 3.19 bits per heavy atom. The van der Waals surface area contributed by atoms with E-state index in [0.717, 1.165) is 43.5 Å². The molecule has 0 saturated carbocycles. The molecule has 90 valence electrons. The minimum atomic E-state index is 0.320. The highest BCUT2D eigenvalue weighted by molar-refractivity contribution is 7.16. The maximum atomic E-state index is 5.86. The minimum Gasteiger partial charge on any atom is -0.374 e. The first-order valence-electron chi connectivity index (χ1n) is 5.62. The SMILES string of the molecule is Clc1ccc(CCNCC2CNCCO2)s1. The smallest absolute Gasteiger partial charge is 0.0931 e. The molecule has 0 bridgehead atoms. The molecule has 16 heavy (non-hydrogen) atoms. The lowest BCUT2D eigenvalue weighted by Crippen LogP contribution is -2.44. The van der Waals surface area contributed by atoms with Crippen molar-refractivity contribution in [2.45, 2.75) is 12.5 Å². The molecule has 2 heterocycles. The molecule has 1 aromatic rings. The van der Waals surface area contributed by atoms with Gasteiger partial charge in [0.1, 0.15) is 0 Å². The van der Waals surface area contributed by atoms with Gasteiger partial charge < -0.3 is 15.4 Å². The Morgan fingerprint density at radius 2 is 2.50 bits per heavy atom. The van der Waals surface area contributed by atoms with Crippen LogP contribution in [0.3, 0.4) is 0 Å². The van der Waals surface area contributed by atoms with Crippen molar-refractivity contribution in [2.75, 3.05) is 32.8 Å². The summed E-state index contributed by atoms with van der Waals surface area (Å²) in [7, 11) is 0. The summed E-state index contributed by atoms with van der Waals surface area (Å²) in [5.41, 5.74) is 0. The predicted molar refractivity (Wildman–Crippen MR) is 68.5 cm³/mol. The van der Waals surface area contributed by atoms with Crippen LogP contribution < -0.4 is 10.6 Å². The number of halogens is 1. The lowest BCUT2D eigenvalue weighted by molar-refractivity contribution is 0.0294. The Labute approximate surface area is 105 Å². The van der Waals surface area contributed by atoms with Gasteiger partial charge in [-0.1, -0.05) is 11.6 Å². The Morgan fingerprint density at radius 1 is 1.56 bits per heavy atom. The van der Waals surface area contributed by atoms with Crippen LogP contribution in [0.4, 0.5) is 0 Å². The zero-order valence-corrected chi connectivity index (χ0v) is 10.7. The topological polar surface area (TPSA) is 33.3 Å². The summed E-state index contributed by atoms with van der Waals surface area (Å²) in [5.74, 6) is 0. The first-order valence-corrected chi connectivity index (χ1v) is 6.81. The second-order valence-corrected chi connectivity index (χ2v) is 5.66. The second-order valence-electron chi connectivity index (χ2n) is 3.86. The first kappa shape index (κ1) is 12.3. The van der Waals surface area contributed by atoms with Crippen molar-refractivity contribution in [3.05, 3.63) is 21.3 Å². The molecule has 0 aliphatic carbocycles. The van der Waals surface area contributed by atoms with Crippen molar-refractivity contribution >= 4 is 22.9 Å². The Hall–Kier alpha value is -0.130. The van der Waals surface area contributed by atoms with Gasteiger partial charge in [-0.05, 0) is 18.6 Å². The van der Waals surface area contributed by atoms with Gasteiger partial charge in [0.25, 0.3) is 0 Å². The third-order valence-corrected chi connectivity index (χ3v) is 3.84. The van der Waals surface area contributed by atoms with E-state index in [1.165, 1.54) is 4.88 Å². The van der Waals surface area contributed by atoms with E-state index in [2.05, 4.69) is 16.7 Å². The molecule has 0 spiro atoms. The van der Waals surface area contributed by atoms with Crippen molar-refractivity contribution in [3.63, 3.8) is 0 Å². The Balaban J connectivity index is 1.57. The van der Waals surface area contributed by atoms with Crippen LogP contribution in [-0.4, -0.2) is 38.9 Å². The molecule has 1 atom stereocenters. The average Bonchev–Trinajstić information content (AvgIpc) is 2.72. The van der Waals surface area contributed by atoms with E-state index < -0.39 is 0 Å². The van der Waals surface area contributed by atoms with Gasteiger partial charge in [0.2, 0.25) is 0 Å². The van der Waals surface area contributed by atoms with Crippen molar-refractivity contribution in [2.24, 2.45) is 0 Å². The van der Waals surface area contributed by atoms with E-state index in [4.69, 9.17) is 16.3 Å². The molecular formula is C11H17ClN2OS. The van der Waals surface area contributed by atoms with Crippen LogP contribution in [0.25, 0.3) is 0 Å². The van der Waals surface area contributed by atoms with E-state index in [1.807, 2.05) is 6.07 Å². The highest BCUT2D eigenvalue weighted by Crippen LogP contribution is 2.21. The van der Waals surface area contributed by atoms with Crippen LogP contribution in [0.1, 0.15) is 4.88 Å². The van der Waals surface area contributed by atoms with Crippen molar-refractivity contribution in [1.29, 1.82) is 0 Å². The summed E-state index contributed by atoms with van der Waals surface area (Å²) < 4.78 is 6.46. The van der Waals surface area contributed by atoms with E-state index in [-0.39, 0.29) is 0 Å². The van der Waals surface area contributed by atoms with E-state index in [1.54, 1.807) is 11.3 Å². The number of ether oxygens (including phenoxy) is 1. The van der Waals surface area contributed by atoms with Gasteiger partial charge in [0.05, 0.1) is 17.0 Å². The van der Waals surface area contributed by atoms with Gasteiger partial charge >= 0.3 is 0 Å². The quantitative estimate of drug-likeness (QED) is 0.788. The zero-order chi connectivity index (χ0) is 11.2. The largest absolute Gasteiger partial charge is 0.374 e. The maximum Gasteiger partial charge on any atom is 0.0931 e. The fraction of sp³-hybridized carbons (Fsp3) is 0.636. The van der Waals surface area contributed by atoms with Crippen LogP contribution in [0.5, 0.6) is 0 Å². The van der Waals surface area contributed by atoms with Gasteiger partial charge in [-0.25, -0.2) is 0 Å². The number of nitrogens with one attached hydrogen (secondary N) is 2. The molecule has 5 heteroatoms. The third kappa shape index (κ3) is 4.03. The lowest BCUT2D eigenvalue weighted by atomic mass is 10.3. The summed E-state index contributed by atoms with van der Waals surface area (Å²) >= 11 is 7.52. The number of hydrogen-bond donors (Lipinski definition) is 2. The molecular weight excluding hydrogens is 244 g/mol. The van der Waals surface area contributed by atoms with Crippen LogP contribution in [0.2, 0.25) is 4.34 Å². The van der Waals surface area contributed by atoms with Crippen molar-refractivity contribution in [1.82, 2.24) is 10.6 Å². The molecule has 1 saturated heterocycles. The summed E-state index contributed by atoms with van der Waals surface area (Å²) in [6.45, 7) is 4.66. The molecule has 1 aliphatic heterocycles. The molecule has 1 unspecified atom stereocenters. The molecule has 1 aromatic heterocycles. The molecule has 0 aromatic carbocycles. The normalized spacial score (nSPS) is 21.2. The monoisotopic (exact) mass is 260 g/mol. The van der Waals surface area contributed by atoms with Gasteiger partial charge in [0, 0.05) is 31.1 Å². The zero-order valence-electron chi connectivity index (χ0n) is 9.17. The molecule has 0 radical (unpaired) electrons. The Bertz CT molecular complexity index is 313. The summed E-state index contributed by atoms with van der Waals surface area (Å²) in [4.78, 5) is 1.33. The number of morpholine rings is 1. The molecule has 3 nitrogen and oxygen atoms in total. The second kappa shape index (κ2) is 6.57. The number of hydrogen-bond acceptors (Lipinski definition) is 4. The highest BCUT2D eigenvalue weighted by Gasteiger charge is 2.11. The lowest BCUT2D eigenvalue weighted by Gasteiger charge is -2.23. The first-order chi connectivity index (χ1) is 7.84. The van der Waals surface area contributed by atoms with Gasteiger partial charge in [-0.2, -0.15) is 0 Å². The van der Waals surface area contributed by atoms with Crippen LogP contribution in [-0.2, 0) is 11.2 Å². The molecule has 0 amide bonds. The van der Waals surface area contributed by atoms with Gasteiger partial charge in [-0.3, -0.25) is 0 Å². The standard InChI is InChI=1S/C11H17ClN2OS/c12-11-2-1-10(16-11)3-4-13-7-9-8-14-5-6-15-9/h1-2,9,13-14H,3-8H2. The molecule has 2 rings (SSSR count). The summed E-state index contributed by atoms with van der Waals surface area (Å²) in [5, 5.41) is 6.73. The van der Waals surface area contributed by atoms with Crippen molar-refractivity contribution in [3.8, 4) is 0 Å². The van der Waals surface area contributed by atoms with Crippen LogP contribution >= 0.6 is 22.9 Å². The molecule has 2 N–H and O–H groups in total. The van der Waals surface area contributed by atoms with Crippen LogP contribution in [0.15, 0.2) is 12.1 Å². The fourth-order valence-corrected chi connectivity index (χ4v) is 2.80. The van der Waals surface area contributed by atoms with E-state index in [0.29, 0.717) is 6.10 Å². The predicted octanol–water partition coefficient (Wildman–Crippen LogP) is 1.52. The van der Waals surface area contributed by atoms with Crippen molar-refractivity contribution < 1.29 is 4.74 Å². The molecule has 1 aliphatic rings.